The van der Waals surface area contributed by atoms with E-state index in [0.29, 0.717) is 30.3 Å². The van der Waals surface area contributed by atoms with Crippen LogP contribution in [-0.2, 0) is 14.8 Å². The van der Waals surface area contributed by atoms with Crippen LogP contribution in [0.2, 0.25) is 0 Å². The van der Waals surface area contributed by atoms with Crippen molar-refractivity contribution in [2.45, 2.75) is 30.2 Å². The van der Waals surface area contributed by atoms with Crippen molar-refractivity contribution in [2.24, 2.45) is 5.92 Å². The third-order valence-electron chi connectivity index (χ3n) is 3.64. The minimum absolute atomic E-state index is 0.0903. The lowest BCUT2D eigenvalue weighted by Gasteiger charge is -2.13. The Kier molecular flexibility index (Phi) is 3.64. The van der Waals surface area contributed by atoms with Crippen LogP contribution in [-0.4, -0.2) is 34.3 Å². The number of carboxylic acid groups (broad SMARTS) is 1. The number of hydrogen-bond donors (Lipinski definition) is 2. The third-order valence-corrected chi connectivity index (χ3v) is 5.74. The number of nitrogens with zero attached hydrogens (tertiary/aromatic N) is 2. The summed E-state index contributed by atoms with van der Waals surface area (Å²) < 4.78 is 35.5. The summed E-state index contributed by atoms with van der Waals surface area (Å²) in [6.07, 6.45) is 1.34. The molecule has 0 amide bonds. The topological polar surface area (TPSA) is 109 Å². The SMILES string of the molecule is O=C(O)C1CCC(NS(=O)(=O)c2cccc3nsnc23)C1. The van der Waals surface area contributed by atoms with Gasteiger partial charge in [-0.05, 0) is 31.4 Å². The van der Waals surface area contributed by atoms with Crippen molar-refractivity contribution in [3.63, 3.8) is 0 Å². The highest BCUT2D eigenvalue weighted by atomic mass is 32.2. The predicted octanol–water partition coefficient (Wildman–Crippen LogP) is 1.22. The standard InChI is InChI=1S/C12H13N3O4S2/c16-12(17)7-4-5-8(6-7)15-21(18,19)10-3-1-2-9-11(10)14-20-13-9/h1-3,7-8,15H,4-6H2,(H,16,17). The van der Waals surface area contributed by atoms with Crippen LogP contribution in [0.4, 0.5) is 0 Å². The molecule has 7 nitrogen and oxygen atoms in total. The number of rotatable bonds is 4. The van der Waals surface area contributed by atoms with Gasteiger partial charge in [0.1, 0.15) is 15.9 Å². The fraction of sp³-hybridized carbons (Fsp3) is 0.417. The Bertz CT molecular complexity index is 787. The second kappa shape index (κ2) is 5.32. The van der Waals surface area contributed by atoms with Gasteiger partial charge in [0.25, 0.3) is 0 Å². The van der Waals surface area contributed by atoms with E-state index in [1.165, 1.54) is 6.07 Å². The minimum Gasteiger partial charge on any atom is -0.481 e. The van der Waals surface area contributed by atoms with E-state index in [2.05, 4.69) is 13.5 Å². The molecule has 2 aromatic rings. The summed E-state index contributed by atoms with van der Waals surface area (Å²) in [6.45, 7) is 0. The molecule has 1 aromatic carbocycles. The van der Waals surface area contributed by atoms with Gasteiger partial charge in [-0.1, -0.05) is 6.07 Å². The molecule has 1 aromatic heterocycles. The summed E-state index contributed by atoms with van der Waals surface area (Å²) in [5.74, 6) is -1.35. The number of aromatic nitrogens is 2. The van der Waals surface area contributed by atoms with E-state index >= 15 is 0 Å². The molecule has 0 bridgehead atoms. The van der Waals surface area contributed by atoms with Gasteiger partial charge in [0, 0.05) is 6.04 Å². The zero-order valence-electron chi connectivity index (χ0n) is 10.9. The van der Waals surface area contributed by atoms with Gasteiger partial charge < -0.3 is 5.11 Å². The Morgan fingerprint density at radius 2 is 2.14 bits per heavy atom. The molecule has 0 aliphatic heterocycles. The number of nitrogens with one attached hydrogen (secondary N) is 1. The maximum absolute atomic E-state index is 12.5. The van der Waals surface area contributed by atoms with Crippen molar-refractivity contribution in [2.75, 3.05) is 0 Å². The Morgan fingerprint density at radius 1 is 1.33 bits per heavy atom. The summed E-state index contributed by atoms with van der Waals surface area (Å²) in [5, 5.41) is 8.97. The first-order valence-electron chi connectivity index (χ1n) is 6.44. The van der Waals surface area contributed by atoms with Gasteiger partial charge >= 0.3 is 5.97 Å². The maximum Gasteiger partial charge on any atom is 0.306 e. The number of fused-ring (bicyclic) bond motifs is 1. The van der Waals surface area contributed by atoms with E-state index in [0.717, 1.165) is 11.7 Å². The Morgan fingerprint density at radius 3 is 2.86 bits per heavy atom. The highest BCUT2D eigenvalue weighted by Gasteiger charge is 2.33. The molecule has 1 aliphatic carbocycles. The number of carboxylic acids is 1. The molecule has 0 spiro atoms. The molecular weight excluding hydrogens is 314 g/mol. The smallest absolute Gasteiger partial charge is 0.306 e. The summed E-state index contributed by atoms with van der Waals surface area (Å²) in [7, 11) is -3.73. The van der Waals surface area contributed by atoms with Crippen LogP contribution >= 0.6 is 11.7 Å². The van der Waals surface area contributed by atoms with Crippen LogP contribution in [0.1, 0.15) is 19.3 Å². The average molecular weight is 327 g/mol. The van der Waals surface area contributed by atoms with Gasteiger partial charge in [0.05, 0.1) is 17.6 Å². The number of sulfonamides is 1. The Hall–Kier alpha value is -1.58. The molecule has 9 heteroatoms. The number of benzene rings is 1. The second-order valence-corrected chi connectivity index (χ2v) is 7.27. The lowest BCUT2D eigenvalue weighted by Crippen LogP contribution is -2.33. The molecule has 21 heavy (non-hydrogen) atoms. The van der Waals surface area contributed by atoms with Crippen LogP contribution in [0.15, 0.2) is 23.1 Å². The minimum atomic E-state index is -3.73. The van der Waals surface area contributed by atoms with Crippen LogP contribution in [0.5, 0.6) is 0 Å². The third kappa shape index (κ3) is 2.76. The van der Waals surface area contributed by atoms with E-state index in [4.69, 9.17) is 5.11 Å². The van der Waals surface area contributed by atoms with E-state index in [1.807, 2.05) is 0 Å². The number of carbonyl (C=O) groups is 1. The molecule has 0 radical (unpaired) electrons. The average Bonchev–Trinajstić information content (AvgIpc) is 3.05. The molecule has 3 rings (SSSR count). The fourth-order valence-corrected chi connectivity index (χ4v) is 4.64. The molecular formula is C12H13N3O4S2. The second-order valence-electron chi connectivity index (χ2n) is 5.05. The summed E-state index contributed by atoms with van der Waals surface area (Å²) in [6, 6.07) is 4.45. The van der Waals surface area contributed by atoms with E-state index in [9.17, 15) is 13.2 Å². The fourth-order valence-electron chi connectivity index (χ4n) is 2.59. The molecule has 1 fully saturated rings. The lowest BCUT2D eigenvalue weighted by atomic mass is 10.1. The van der Waals surface area contributed by atoms with E-state index in [-0.39, 0.29) is 10.9 Å². The van der Waals surface area contributed by atoms with Crippen LogP contribution < -0.4 is 4.72 Å². The Balaban J connectivity index is 1.85. The van der Waals surface area contributed by atoms with Crippen molar-refractivity contribution >= 4 is 38.8 Å². The first kappa shape index (κ1) is 14.4. The van der Waals surface area contributed by atoms with Crippen LogP contribution in [0.3, 0.4) is 0 Å². The number of hydrogen-bond acceptors (Lipinski definition) is 6. The molecule has 2 unspecified atom stereocenters. The molecule has 1 aliphatic rings. The van der Waals surface area contributed by atoms with Crippen molar-refractivity contribution in [1.82, 2.24) is 13.5 Å². The summed E-state index contributed by atoms with van der Waals surface area (Å²) in [4.78, 5) is 11.0. The van der Waals surface area contributed by atoms with Gasteiger partial charge in [0.2, 0.25) is 10.0 Å². The highest BCUT2D eigenvalue weighted by molar-refractivity contribution is 7.89. The van der Waals surface area contributed by atoms with Crippen molar-refractivity contribution < 1.29 is 18.3 Å². The lowest BCUT2D eigenvalue weighted by molar-refractivity contribution is -0.141. The zero-order chi connectivity index (χ0) is 15.0. The predicted molar refractivity (Wildman–Crippen MR) is 76.5 cm³/mol. The normalized spacial score (nSPS) is 22.7. The van der Waals surface area contributed by atoms with E-state index < -0.39 is 21.9 Å². The molecule has 1 saturated carbocycles. The highest BCUT2D eigenvalue weighted by Crippen LogP contribution is 2.28. The van der Waals surface area contributed by atoms with Gasteiger partial charge in [-0.15, -0.1) is 0 Å². The monoisotopic (exact) mass is 327 g/mol. The van der Waals surface area contributed by atoms with Gasteiger partial charge in [-0.25, -0.2) is 13.1 Å². The molecule has 2 N–H and O–H groups in total. The van der Waals surface area contributed by atoms with Crippen molar-refractivity contribution in [3.8, 4) is 0 Å². The molecule has 2 atom stereocenters. The van der Waals surface area contributed by atoms with Gasteiger partial charge in [-0.3, -0.25) is 4.79 Å². The first-order chi connectivity index (χ1) is 9.97. The number of aliphatic carboxylic acids is 1. The van der Waals surface area contributed by atoms with Crippen molar-refractivity contribution in [3.05, 3.63) is 18.2 Å². The summed E-state index contributed by atoms with van der Waals surface area (Å²) >= 11 is 0.960. The molecule has 0 saturated heterocycles. The maximum atomic E-state index is 12.5. The molecule has 1 heterocycles. The van der Waals surface area contributed by atoms with Gasteiger partial charge in [-0.2, -0.15) is 8.75 Å². The summed E-state index contributed by atoms with van der Waals surface area (Å²) in [5.41, 5.74) is 0.889. The van der Waals surface area contributed by atoms with E-state index in [1.54, 1.807) is 12.1 Å². The van der Waals surface area contributed by atoms with Gasteiger partial charge in [0.15, 0.2) is 0 Å². The Labute approximate surface area is 125 Å². The van der Waals surface area contributed by atoms with Crippen LogP contribution in [0.25, 0.3) is 11.0 Å². The first-order valence-corrected chi connectivity index (χ1v) is 8.65. The quantitative estimate of drug-likeness (QED) is 0.874. The molecule has 112 valence electrons. The van der Waals surface area contributed by atoms with Crippen LogP contribution in [0, 0.1) is 5.92 Å². The zero-order valence-corrected chi connectivity index (χ0v) is 12.5. The van der Waals surface area contributed by atoms with Crippen molar-refractivity contribution in [1.29, 1.82) is 0 Å². The largest absolute Gasteiger partial charge is 0.481 e.